The first-order chi connectivity index (χ1) is 14.6. The van der Waals surface area contributed by atoms with Crippen molar-refractivity contribution in [2.24, 2.45) is 0 Å². The van der Waals surface area contributed by atoms with E-state index < -0.39 is 0 Å². The van der Waals surface area contributed by atoms with Gasteiger partial charge in [0.25, 0.3) is 5.15 Å². The van der Waals surface area contributed by atoms with Gasteiger partial charge >= 0.3 is 6.09 Å². The van der Waals surface area contributed by atoms with Crippen LogP contribution < -0.4 is 4.73 Å². The maximum atomic E-state index is 13.1. The van der Waals surface area contributed by atoms with Gasteiger partial charge in [0.05, 0.1) is 0 Å². The number of nitrogens with zero attached hydrogens (tertiary/aromatic N) is 2. The Morgan fingerprint density at radius 3 is 2.40 bits per heavy atom. The topological polar surface area (TPSA) is 56.5 Å². The molecule has 5 nitrogen and oxygen atoms in total. The fraction of sp³-hybridized carbons (Fsp3) is 0.250. The van der Waals surface area contributed by atoms with Crippen molar-refractivity contribution in [1.29, 1.82) is 0 Å². The second-order valence-electron chi connectivity index (χ2n) is 7.47. The predicted octanol–water partition coefficient (Wildman–Crippen LogP) is 4.67. The predicted molar refractivity (Wildman–Crippen MR) is 115 cm³/mol. The number of fused-ring (bicyclic) bond motifs is 1. The van der Waals surface area contributed by atoms with Gasteiger partial charge in [-0.15, -0.1) is 0 Å². The van der Waals surface area contributed by atoms with Crippen molar-refractivity contribution in [3.8, 4) is 0 Å². The molecule has 1 heterocycles. The quantitative estimate of drug-likeness (QED) is 0.341. The zero-order valence-electron chi connectivity index (χ0n) is 16.5. The molecule has 1 amide bonds. The van der Waals surface area contributed by atoms with E-state index in [0.29, 0.717) is 31.5 Å². The van der Waals surface area contributed by atoms with E-state index in [1.54, 1.807) is 11.0 Å². The lowest BCUT2D eigenvalue weighted by molar-refractivity contribution is -0.612. The van der Waals surface area contributed by atoms with Gasteiger partial charge in [-0.25, -0.2) is 4.79 Å². The molecule has 0 spiro atoms. The number of hydrogen-bond donors (Lipinski definition) is 0. The van der Waals surface area contributed by atoms with Crippen molar-refractivity contribution in [3.05, 3.63) is 106 Å². The zero-order chi connectivity index (χ0) is 20.9. The minimum Gasteiger partial charge on any atom is -0.617 e. The zero-order valence-corrected chi connectivity index (χ0v) is 17.3. The normalized spacial score (nSPS) is 15.3. The average Bonchev–Trinajstić information content (AvgIpc) is 2.79. The number of carbonyl (C=O) groups excluding carboxylic acids is 1. The molecule has 0 bridgehead atoms. The summed E-state index contributed by atoms with van der Waals surface area (Å²) >= 11 is 5.97. The highest BCUT2D eigenvalue weighted by molar-refractivity contribution is 6.28. The lowest BCUT2D eigenvalue weighted by Crippen LogP contribution is -2.46. The summed E-state index contributed by atoms with van der Waals surface area (Å²) in [5, 5.41) is 12.4. The number of amides is 1. The maximum absolute atomic E-state index is 13.1. The van der Waals surface area contributed by atoms with E-state index in [1.807, 2.05) is 66.7 Å². The number of pyridine rings is 1. The molecule has 0 saturated carbocycles. The molecule has 1 aliphatic rings. The summed E-state index contributed by atoms with van der Waals surface area (Å²) in [6, 6.07) is 23.0. The molecule has 154 valence electrons. The van der Waals surface area contributed by atoms with Crippen LogP contribution in [0.2, 0.25) is 5.15 Å². The molecule has 1 aromatic heterocycles. The highest BCUT2D eigenvalue weighted by Crippen LogP contribution is 2.26. The Morgan fingerprint density at radius 2 is 1.70 bits per heavy atom. The summed E-state index contributed by atoms with van der Waals surface area (Å²) in [5.41, 5.74) is 3.60. The molecule has 0 unspecified atom stereocenters. The second-order valence-corrected chi connectivity index (χ2v) is 7.86. The number of halogens is 1. The van der Waals surface area contributed by atoms with Gasteiger partial charge in [0.15, 0.2) is 5.69 Å². The van der Waals surface area contributed by atoms with Crippen molar-refractivity contribution < 1.29 is 14.3 Å². The van der Waals surface area contributed by atoms with Crippen LogP contribution in [0.5, 0.6) is 0 Å². The molecule has 6 heteroatoms. The van der Waals surface area contributed by atoms with Crippen LogP contribution in [-0.4, -0.2) is 17.0 Å². The van der Waals surface area contributed by atoms with Crippen molar-refractivity contribution in [1.82, 2.24) is 4.90 Å². The van der Waals surface area contributed by atoms with Gasteiger partial charge in [0.2, 0.25) is 0 Å². The Bertz CT molecular complexity index is 1010. The molecule has 1 atom stereocenters. The van der Waals surface area contributed by atoms with Gasteiger partial charge in [0.1, 0.15) is 6.61 Å². The molecule has 0 aliphatic heterocycles. The molecule has 0 fully saturated rings. The minimum absolute atomic E-state index is 0.0536. The first-order valence-corrected chi connectivity index (χ1v) is 10.4. The summed E-state index contributed by atoms with van der Waals surface area (Å²) in [7, 11) is 0. The third-order valence-electron chi connectivity index (χ3n) is 5.48. The van der Waals surface area contributed by atoms with Gasteiger partial charge in [0, 0.05) is 30.6 Å². The molecule has 0 saturated heterocycles. The van der Waals surface area contributed by atoms with Crippen molar-refractivity contribution in [2.45, 2.75) is 38.5 Å². The Morgan fingerprint density at radius 1 is 1.03 bits per heavy atom. The monoisotopic (exact) mass is 422 g/mol. The SMILES string of the molecule is O=C(OCc1ccccc1)N(Cc1ccccc1)[C@H]1CCc2c(ccc(Cl)[n+]2[O-])C1. The van der Waals surface area contributed by atoms with E-state index in [4.69, 9.17) is 16.3 Å². The molecular weight excluding hydrogens is 400 g/mol. The van der Waals surface area contributed by atoms with Crippen LogP contribution in [0.3, 0.4) is 0 Å². The van der Waals surface area contributed by atoms with Crippen molar-refractivity contribution >= 4 is 17.7 Å². The van der Waals surface area contributed by atoms with Crippen molar-refractivity contribution in [3.63, 3.8) is 0 Å². The van der Waals surface area contributed by atoms with E-state index >= 15 is 0 Å². The van der Waals surface area contributed by atoms with Crippen LogP contribution in [0.1, 0.15) is 28.8 Å². The second kappa shape index (κ2) is 9.18. The molecular formula is C24H23ClN2O3. The number of hydrogen-bond acceptors (Lipinski definition) is 3. The third kappa shape index (κ3) is 4.57. The maximum Gasteiger partial charge on any atom is 0.410 e. The van der Waals surface area contributed by atoms with Gasteiger partial charge in [-0.2, -0.15) is 4.73 Å². The fourth-order valence-corrected chi connectivity index (χ4v) is 4.06. The molecule has 3 aromatic rings. The summed E-state index contributed by atoms with van der Waals surface area (Å²) in [6.45, 7) is 0.684. The van der Waals surface area contributed by atoms with Gasteiger partial charge < -0.3 is 14.8 Å². The average molecular weight is 423 g/mol. The first kappa shape index (κ1) is 20.2. The third-order valence-corrected chi connectivity index (χ3v) is 5.76. The molecule has 4 rings (SSSR count). The van der Waals surface area contributed by atoms with E-state index in [-0.39, 0.29) is 23.9 Å². The number of aromatic nitrogens is 1. The Kier molecular flexibility index (Phi) is 6.19. The van der Waals surface area contributed by atoms with E-state index in [9.17, 15) is 10.0 Å². The highest BCUT2D eigenvalue weighted by Gasteiger charge is 2.32. The fourth-order valence-electron chi connectivity index (χ4n) is 3.89. The summed E-state index contributed by atoms with van der Waals surface area (Å²) in [6.07, 6.45) is 1.51. The van der Waals surface area contributed by atoms with Gasteiger partial charge in [-0.3, -0.25) is 0 Å². The van der Waals surface area contributed by atoms with Crippen LogP contribution in [0, 0.1) is 5.21 Å². The lowest BCUT2D eigenvalue weighted by Gasteiger charge is -2.34. The molecule has 2 aromatic carbocycles. The lowest BCUT2D eigenvalue weighted by atomic mass is 9.90. The Hall–Kier alpha value is -3.05. The number of rotatable bonds is 5. The smallest absolute Gasteiger partial charge is 0.410 e. The van der Waals surface area contributed by atoms with Gasteiger partial charge in [-0.1, -0.05) is 60.7 Å². The number of carbonyl (C=O) groups is 1. The van der Waals surface area contributed by atoms with Crippen LogP contribution in [-0.2, 0) is 30.7 Å². The summed E-state index contributed by atoms with van der Waals surface area (Å²) < 4.78 is 6.44. The van der Waals surface area contributed by atoms with E-state index in [0.717, 1.165) is 21.4 Å². The van der Waals surface area contributed by atoms with E-state index in [2.05, 4.69) is 0 Å². The molecule has 0 radical (unpaired) electrons. The Balaban J connectivity index is 1.54. The largest absolute Gasteiger partial charge is 0.617 e. The molecule has 0 N–H and O–H groups in total. The van der Waals surface area contributed by atoms with Gasteiger partial charge in [-0.05, 0) is 41.6 Å². The summed E-state index contributed by atoms with van der Waals surface area (Å²) in [4.78, 5) is 14.9. The van der Waals surface area contributed by atoms with Crippen LogP contribution in [0.25, 0.3) is 0 Å². The molecule has 1 aliphatic carbocycles. The summed E-state index contributed by atoms with van der Waals surface area (Å²) in [5.74, 6) is 0. The Labute approximate surface area is 181 Å². The van der Waals surface area contributed by atoms with Crippen LogP contribution >= 0.6 is 11.6 Å². The van der Waals surface area contributed by atoms with E-state index in [1.165, 1.54) is 0 Å². The van der Waals surface area contributed by atoms with Crippen molar-refractivity contribution in [2.75, 3.05) is 0 Å². The number of benzene rings is 2. The highest BCUT2D eigenvalue weighted by atomic mass is 35.5. The minimum atomic E-state index is -0.347. The first-order valence-electron chi connectivity index (χ1n) is 10.0. The molecule has 30 heavy (non-hydrogen) atoms. The standard InChI is InChI=1S/C24H23ClN2O3/c25-23-14-11-20-15-21(12-13-22(20)27(23)29)26(16-18-7-3-1-4-8-18)24(28)30-17-19-9-5-2-6-10-19/h1-11,14,21H,12-13,15-17H2/t21-/m0/s1. The van der Waals surface area contributed by atoms with Crippen LogP contribution in [0.15, 0.2) is 72.8 Å². The number of ether oxygens (including phenoxy) is 1. The van der Waals surface area contributed by atoms with Crippen LogP contribution in [0.4, 0.5) is 4.79 Å².